The lowest BCUT2D eigenvalue weighted by Crippen LogP contribution is -2.41. The summed E-state index contributed by atoms with van der Waals surface area (Å²) in [4.78, 5) is 13.3. The van der Waals surface area contributed by atoms with Gasteiger partial charge in [-0.25, -0.2) is 0 Å². The highest BCUT2D eigenvalue weighted by molar-refractivity contribution is 9.10. The van der Waals surface area contributed by atoms with Gasteiger partial charge >= 0.3 is 0 Å². The molecule has 1 aliphatic rings. The minimum Gasteiger partial charge on any atom is -0.382 e. The summed E-state index contributed by atoms with van der Waals surface area (Å²) in [6.45, 7) is 3.36. The number of benzene rings is 2. The Bertz CT molecular complexity index is 663. The number of carbonyl (C=O) groups excluding carboxylic acids is 1. The summed E-state index contributed by atoms with van der Waals surface area (Å²) in [6, 6.07) is 13.2. The predicted molar refractivity (Wildman–Crippen MR) is 90.5 cm³/mol. The third-order valence-electron chi connectivity index (χ3n) is 4.11. The molecule has 1 N–H and O–H groups in total. The van der Waals surface area contributed by atoms with Crippen LogP contribution in [0.4, 0.5) is 5.69 Å². The number of nitrogens with one attached hydrogen (secondary N) is 1. The summed E-state index contributed by atoms with van der Waals surface area (Å²) >= 11 is 3.50. The zero-order valence-electron chi connectivity index (χ0n) is 12.1. The van der Waals surface area contributed by atoms with E-state index < -0.39 is 0 Å². The number of amides is 1. The highest BCUT2D eigenvalue weighted by atomic mass is 79.9. The van der Waals surface area contributed by atoms with Gasteiger partial charge in [-0.1, -0.05) is 28.1 Å². The molecule has 1 aliphatic heterocycles. The molecule has 3 nitrogen and oxygen atoms in total. The standard InChI is InChI=1S/C17H19BrN2O/c1-12(21)20-8-6-16(7-9-20)19-17-5-3-13-10-15(18)4-2-14(13)11-17/h2-5,10-11,16,19H,6-9H2,1H3. The summed E-state index contributed by atoms with van der Waals surface area (Å²) in [5, 5.41) is 6.07. The quantitative estimate of drug-likeness (QED) is 0.890. The lowest BCUT2D eigenvalue weighted by molar-refractivity contribution is -0.129. The summed E-state index contributed by atoms with van der Waals surface area (Å²) in [6.07, 6.45) is 2.02. The molecule has 0 bridgehead atoms. The minimum atomic E-state index is 0.185. The average Bonchev–Trinajstić information content (AvgIpc) is 2.48. The van der Waals surface area contributed by atoms with Crippen molar-refractivity contribution in [1.82, 2.24) is 4.90 Å². The SMILES string of the molecule is CC(=O)N1CCC(Nc2ccc3cc(Br)ccc3c2)CC1. The topological polar surface area (TPSA) is 32.3 Å². The molecule has 0 radical (unpaired) electrons. The molecular formula is C17H19BrN2O. The van der Waals surface area contributed by atoms with Crippen LogP contribution in [0.2, 0.25) is 0 Å². The average molecular weight is 347 g/mol. The third kappa shape index (κ3) is 3.38. The summed E-state index contributed by atoms with van der Waals surface area (Å²) in [5.74, 6) is 0.185. The van der Waals surface area contributed by atoms with E-state index in [-0.39, 0.29) is 5.91 Å². The zero-order valence-corrected chi connectivity index (χ0v) is 13.7. The van der Waals surface area contributed by atoms with E-state index in [2.05, 4.69) is 57.6 Å². The van der Waals surface area contributed by atoms with Crippen LogP contribution in [0.3, 0.4) is 0 Å². The van der Waals surface area contributed by atoms with E-state index in [4.69, 9.17) is 0 Å². The van der Waals surface area contributed by atoms with Crippen LogP contribution in [0.15, 0.2) is 40.9 Å². The smallest absolute Gasteiger partial charge is 0.219 e. The molecular weight excluding hydrogens is 328 g/mol. The molecule has 3 rings (SSSR count). The molecule has 1 saturated heterocycles. The van der Waals surface area contributed by atoms with Crippen LogP contribution in [0.5, 0.6) is 0 Å². The Morgan fingerprint density at radius 2 is 1.81 bits per heavy atom. The lowest BCUT2D eigenvalue weighted by Gasteiger charge is -2.32. The Labute approximate surface area is 133 Å². The van der Waals surface area contributed by atoms with Crippen LogP contribution in [-0.4, -0.2) is 29.9 Å². The van der Waals surface area contributed by atoms with Gasteiger partial charge in [0.15, 0.2) is 0 Å². The Kier molecular flexibility index (Phi) is 4.15. The van der Waals surface area contributed by atoms with Gasteiger partial charge in [0, 0.05) is 36.2 Å². The van der Waals surface area contributed by atoms with Crippen LogP contribution in [0.25, 0.3) is 10.8 Å². The first-order chi connectivity index (χ1) is 10.1. The molecule has 110 valence electrons. The van der Waals surface area contributed by atoms with Gasteiger partial charge in [-0.05, 0) is 47.9 Å². The molecule has 0 aliphatic carbocycles. The van der Waals surface area contributed by atoms with Crippen molar-refractivity contribution in [3.63, 3.8) is 0 Å². The predicted octanol–water partition coefficient (Wildman–Crippen LogP) is 4.03. The van der Waals surface area contributed by atoms with E-state index in [1.54, 1.807) is 6.92 Å². The maximum absolute atomic E-state index is 11.3. The van der Waals surface area contributed by atoms with Crippen LogP contribution in [0, 0.1) is 0 Å². The van der Waals surface area contributed by atoms with Crippen LogP contribution in [0.1, 0.15) is 19.8 Å². The molecule has 2 aromatic rings. The number of hydrogen-bond acceptors (Lipinski definition) is 2. The Balaban J connectivity index is 1.68. The minimum absolute atomic E-state index is 0.185. The molecule has 0 unspecified atom stereocenters. The van der Waals surface area contributed by atoms with Gasteiger partial charge in [-0.3, -0.25) is 4.79 Å². The van der Waals surface area contributed by atoms with E-state index >= 15 is 0 Å². The Hall–Kier alpha value is -1.55. The van der Waals surface area contributed by atoms with Gasteiger partial charge in [0.2, 0.25) is 5.91 Å². The molecule has 4 heteroatoms. The molecule has 0 atom stereocenters. The number of carbonyl (C=O) groups is 1. The number of fused-ring (bicyclic) bond motifs is 1. The van der Waals surface area contributed by atoms with Crippen molar-refractivity contribution in [2.75, 3.05) is 18.4 Å². The third-order valence-corrected chi connectivity index (χ3v) is 4.61. The van der Waals surface area contributed by atoms with E-state index in [1.807, 2.05) is 4.90 Å². The van der Waals surface area contributed by atoms with Gasteiger partial charge in [0.25, 0.3) is 0 Å². The number of hydrogen-bond donors (Lipinski definition) is 1. The van der Waals surface area contributed by atoms with E-state index in [0.717, 1.165) is 36.1 Å². The van der Waals surface area contributed by atoms with Crippen molar-refractivity contribution in [1.29, 1.82) is 0 Å². The fourth-order valence-electron chi connectivity index (χ4n) is 2.88. The van der Waals surface area contributed by atoms with E-state index in [1.165, 1.54) is 10.8 Å². The van der Waals surface area contributed by atoms with Crippen molar-refractivity contribution in [2.45, 2.75) is 25.8 Å². The van der Waals surface area contributed by atoms with Crippen LogP contribution < -0.4 is 5.32 Å². The van der Waals surface area contributed by atoms with Crippen LogP contribution in [-0.2, 0) is 4.79 Å². The first-order valence-electron chi connectivity index (χ1n) is 7.33. The Morgan fingerprint density at radius 3 is 2.52 bits per heavy atom. The van der Waals surface area contributed by atoms with Crippen molar-refractivity contribution < 1.29 is 4.79 Å². The largest absolute Gasteiger partial charge is 0.382 e. The van der Waals surface area contributed by atoms with Crippen molar-refractivity contribution in [3.05, 3.63) is 40.9 Å². The van der Waals surface area contributed by atoms with Crippen molar-refractivity contribution in [3.8, 4) is 0 Å². The fraction of sp³-hybridized carbons (Fsp3) is 0.353. The number of anilines is 1. The number of halogens is 1. The van der Waals surface area contributed by atoms with Gasteiger partial charge < -0.3 is 10.2 Å². The number of nitrogens with zero attached hydrogens (tertiary/aromatic N) is 1. The van der Waals surface area contributed by atoms with Crippen LogP contribution >= 0.6 is 15.9 Å². The maximum atomic E-state index is 11.3. The molecule has 0 spiro atoms. The number of rotatable bonds is 2. The zero-order chi connectivity index (χ0) is 14.8. The first kappa shape index (κ1) is 14.4. The van der Waals surface area contributed by atoms with Gasteiger partial charge in [0.05, 0.1) is 0 Å². The second-order valence-corrected chi connectivity index (χ2v) is 6.55. The molecule has 2 aromatic carbocycles. The molecule has 1 heterocycles. The molecule has 21 heavy (non-hydrogen) atoms. The first-order valence-corrected chi connectivity index (χ1v) is 8.12. The molecule has 0 saturated carbocycles. The van der Waals surface area contributed by atoms with Gasteiger partial charge in [0.1, 0.15) is 0 Å². The van der Waals surface area contributed by atoms with E-state index in [9.17, 15) is 4.79 Å². The summed E-state index contributed by atoms with van der Waals surface area (Å²) in [7, 11) is 0. The second kappa shape index (κ2) is 6.06. The molecule has 1 fully saturated rings. The highest BCUT2D eigenvalue weighted by Crippen LogP contribution is 2.24. The maximum Gasteiger partial charge on any atom is 0.219 e. The lowest BCUT2D eigenvalue weighted by atomic mass is 10.0. The summed E-state index contributed by atoms with van der Waals surface area (Å²) < 4.78 is 1.10. The number of piperidine rings is 1. The molecule has 0 aromatic heterocycles. The normalized spacial score (nSPS) is 16.2. The van der Waals surface area contributed by atoms with Gasteiger partial charge in [-0.2, -0.15) is 0 Å². The van der Waals surface area contributed by atoms with Crippen molar-refractivity contribution >= 4 is 38.3 Å². The van der Waals surface area contributed by atoms with Gasteiger partial charge in [-0.15, -0.1) is 0 Å². The number of likely N-dealkylation sites (tertiary alicyclic amines) is 1. The second-order valence-electron chi connectivity index (χ2n) is 5.63. The summed E-state index contributed by atoms with van der Waals surface area (Å²) in [5.41, 5.74) is 1.16. The molecule has 1 amide bonds. The highest BCUT2D eigenvalue weighted by Gasteiger charge is 2.20. The monoisotopic (exact) mass is 346 g/mol. The van der Waals surface area contributed by atoms with E-state index in [0.29, 0.717) is 6.04 Å². The Morgan fingerprint density at radius 1 is 1.14 bits per heavy atom. The van der Waals surface area contributed by atoms with Crippen molar-refractivity contribution in [2.24, 2.45) is 0 Å². The fourth-order valence-corrected chi connectivity index (χ4v) is 3.26.